The van der Waals surface area contributed by atoms with Crippen molar-refractivity contribution in [2.24, 2.45) is 0 Å². The summed E-state index contributed by atoms with van der Waals surface area (Å²) in [5, 5.41) is 11.1. The highest BCUT2D eigenvalue weighted by Crippen LogP contribution is 2.46. The van der Waals surface area contributed by atoms with Crippen LogP contribution in [0.2, 0.25) is 0 Å². The molecule has 0 radical (unpaired) electrons. The summed E-state index contributed by atoms with van der Waals surface area (Å²) >= 11 is 0. The van der Waals surface area contributed by atoms with Crippen LogP contribution in [0.1, 0.15) is 75.0 Å². The first-order valence-electron chi connectivity index (χ1n) is 15.1. The number of imide groups is 2. The maximum Gasteiger partial charge on any atom is 0.261 e. The largest absolute Gasteiger partial charge is 0.353 e. The Kier molecular flexibility index (Phi) is 6.54. The molecule has 2 aliphatic heterocycles. The van der Waals surface area contributed by atoms with E-state index in [2.05, 4.69) is 10.6 Å². The summed E-state index contributed by atoms with van der Waals surface area (Å²) in [5.41, 5.74) is 1.76. The van der Waals surface area contributed by atoms with E-state index in [1.54, 1.807) is 24.3 Å². The van der Waals surface area contributed by atoms with E-state index in [1.165, 1.54) is 11.8 Å². The molecule has 6 amide bonds. The van der Waals surface area contributed by atoms with Crippen LogP contribution >= 0.6 is 0 Å². The van der Waals surface area contributed by atoms with Crippen molar-refractivity contribution in [1.29, 1.82) is 0 Å². The van der Waals surface area contributed by atoms with Gasteiger partial charge in [-0.15, -0.1) is 0 Å². The maximum absolute atomic E-state index is 13.7. The minimum absolute atomic E-state index is 0.0298. The topological polar surface area (TPSA) is 133 Å². The molecular weight excluding hydrogens is 572 g/mol. The monoisotopic (exact) mass is 602 g/mol. The van der Waals surface area contributed by atoms with E-state index in [4.69, 9.17) is 0 Å². The second-order valence-electron chi connectivity index (χ2n) is 11.7. The van der Waals surface area contributed by atoms with Gasteiger partial charge in [0, 0.05) is 52.2 Å². The number of amides is 6. The average molecular weight is 603 g/mol. The van der Waals surface area contributed by atoms with E-state index in [9.17, 15) is 28.8 Å². The molecule has 0 unspecified atom stereocenters. The molecule has 10 nitrogen and oxygen atoms in total. The first-order valence-corrected chi connectivity index (χ1v) is 15.1. The van der Waals surface area contributed by atoms with Crippen LogP contribution < -0.4 is 10.6 Å². The molecule has 7 rings (SSSR count). The summed E-state index contributed by atoms with van der Waals surface area (Å²) < 4.78 is 0. The van der Waals surface area contributed by atoms with Crippen LogP contribution in [0.5, 0.6) is 0 Å². The molecule has 0 saturated carbocycles. The Labute approximate surface area is 257 Å². The maximum atomic E-state index is 13.7. The molecule has 5 aromatic carbocycles. The van der Waals surface area contributed by atoms with Crippen LogP contribution in [0, 0.1) is 0 Å². The molecule has 5 aromatic rings. The summed E-state index contributed by atoms with van der Waals surface area (Å²) in [6, 6.07) is 13.6. The van der Waals surface area contributed by atoms with E-state index in [0.717, 1.165) is 37.2 Å². The van der Waals surface area contributed by atoms with Gasteiger partial charge in [-0.2, -0.15) is 0 Å². The van der Waals surface area contributed by atoms with Gasteiger partial charge in [0.1, 0.15) is 6.04 Å². The molecule has 10 heteroatoms. The van der Waals surface area contributed by atoms with Gasteiger partial charge in [-0.3, -0.25) is 38.6 Å². The first kappa shape index (κ1) is 28.4. The molecule has 45 heavy (non-hydrogen) atoms. The summed E-state index contributed by atoms with van der Waals surface area (Å²) in [6.45, 7) is 5.47. The number of hydrogen-bond acceptors (Lipinski definition) is 6. The van der Waals surface area contributed by atoms with E-state index in [-0.39, 0.29) is 30.9 Å². The number of benzene rings is 5. The van der Waals surface area contributed by atoms with Gasteiger partial charge in [0.15, 0.2) is 0 Å². The third kappa shape index (κ3) is 3.87. The standard InChI is InChI=1S/C35H30N4O6/c1-4-18(5-2)39-34(44)25-12-8-21-19-6-10-23-29-24(33(43)38(32(23)42)15-14-36-31(41)17(3)37-16-40)11-7-20(27(19)29)22-9-13-26(35(39)45)30(25)28(21)22/h6-13,16-18H,4-5,14-15H2,1-3H3,(H,36,41)(H,37,40)/t17-/m0/s1. The van der Waals surface area contributed by atoms with E-state index < -0.39 is 23.8 Å². The molecular formula is C35H30N4O6. The first-order chi connectivity index (χ1) is 21.7. The molecule has 0 fully saturated rings. The van der Waals surface area contributed by atoms with Gasteiger partial charge in [0.05, 0.1) is 0 Å². The van der Waals surface area contributed by atoms with E-state index in [1.807, 2.05) is 38.1 Å². The number of carbonyl (C=O) groups is 6. The average Bonchev–Trinajstić information content (AvgIpc) is 3.05. The Bertz CT molecular complexity index is 2030. The predicted octanol–water partition coefficient (Wildman–Crippen LogP) is 4.37. The fourth-order valence-electron chi connectivity index (χ4n) is 7.15. The number of fused-ring (bicyclic) bond motifs is 2. The molecule has 0 aliphatic carbocycles. The van der Waals surface area contributed by atoms with Crippen molar-refractivity contribution in [1.82, 2.24) is 20.4 Å². The van der Waals surface area contributed by atoms with Gasteiger partial charge in [-0.05, 0) is 76.3 Å². The second kappa shape index (κ2) is 10.4. The lowest BCUT2D eigenvalue weighted by Crippen LogP contribution is -2.47. The van der Waals surface area contributed by atoms with Gasteiger partial charge in [-0.25, -0.2) is 0 Å². The molecule has 226 valence electrons. The third-order valence-electron chi connectivity index (χ3n) is 9.40. The van der Waals surface area contributed by atoms with Crippen molar-refractivity contribution in [2.75, 3.05) is 13.1 Å². The minimum Gasteiger partial charge on any atom is -0.353 e. The Morgan fingerprint density at radius 3 is 1.51 bits per heavy atom. The summed E-state index contributed by atoms with van der Waals surface area (Å²) in [7, 11) is 0. The SMILES string of the molecule is CCC(CC)N1C(=O)c2ccc3c4ccc5c6c(ccc(c7ccc(c2c37)C1=O)c64)C(=O)N(CCNC(=O)[C@H](C)NC=O)C5=O. The number of rotatable bonds is 9. The predicted molar refractivity (Wildman–Crippen MR) is 170 cm³/mol. The van der Waals surface area contributed by atoms with Crippen LogP contribution in [0.3, 0.4) is 0 Å². The van der Waals surface area contributed by atoms with Gasteiger partial charge in [-0.1, -0.05) is 38.1 Å². The number of nitrogens with one attached hydrogen (secondary N) is 2. The lowest BCUT2D eigenvalue weighted by Gasteiger charge is -2.33. The van der Waals surface area contributed by atoms with E-state index in [0.29, 0.717) is 52.3 Å². The van der Waals surface area contributed by atoms with Crippen LogP contribution in [0.15, 0.2) is 48.5 Å². The van der Waals surface area contributed by atoms with Gasteiger partial charge in [0.2, 0.25) is 12.3 Å². The highest BCUT2D eigenvalue weighted by Gasteiger charge is 2.38. The van der Waals surface area contributed by atoms with Crippen molar-refractivity contribution in [3.63, 3.8) is 0 Å². The smallest absolute Gasteiger partial charge is 0.261 e. The molecule has 2 aliphatic rings. The van der Waals surface area contributed by atoms with Gasteiger partial charge in [0.25, 0.3) is 23.6 Å². The lowest BCUT2D eigenvalue weighted by molar-refractivity contribution is -0.124. The number of carbonyl (C=O) groups excluding carboxylic acids is 6. The normalized spacial score (nSPS) is 15.3. The number of nitrogens with zero attached hydrogens (tertiary/aromatic N) is 2. The summed E-state index contributed by atoms with van der Waals surface area (Å²) in [4.78, 5) is 80.2. The fourth-order valence-corrected chi connectivity index (χ4v) is 7.15. The second-order valence-corrected chi connectivity index (χ2v) is 11.7. The summed E-state index contributed by atoms with van der Waals surface area (Å²) in [6.07, 6.45) is 1.78. The molecule has 1 atom stereocenters. The Morgan fingerprint density at radius 1 is 0.689 bits per heavy atom. The fraction of sp³-hybridized carbons (Fsp3) is 0.257. The molecule has 0 saturated heterocycles. The molecule has 0 spiro atoms. The minimum atomic E-state index is -0.750. The zero-order valence-electron chi connectivity index (χ0n) is 25.0. The zero-order valence-corrected chi connectivity index (χ0v) is 25.0. The highest BCUT2D eigenvalue weighted by atomic mass is 16.2. The zero-order chi connectivity index (χ0) is 31.7. The highest BCUT2D eigenvalue weighted by molar-refractivity contribution is 6.41. The van der Waals surface area contributed by atoms with Crippen molar-refractivity contribution < 1.29 is 28.8 Å². The molecule has 0 aromatic heterocycles. The summed E-state index contributed by atoms with van der Waals surface area (Å²) in [5.74, 6) is -1.93. The van der Waals surface area contributed by atoms with Gasteiger partial charge >= 0.3 is 0 Å². The van der Waals surface area contributed by atoms with Crippen molar-refractivity contribution in [2.45, 2.75) is 45.7 Å². The molecule has 2 N–H and O–H groups in total. The van der Waals surface area contributed by atoms with Crippen LogP contribution in [-0.4, -0.2) is 70.9 Å². The molecule has 0 bridgehead atoms. The van der Waals surface area contributed by atoms with E-state index >= 15 is 0 Å². The lowest BCUT2D eigenvalue weighted by atomic mass is 9.82. The van der Waals surface area contributed by atoms with Crippen molar-refractivity contribution in [3.8, 4) is 0 Å². The number of hydrogen-bond donors (Lipinski definition) is 2. The van der Waals surface area contributed by atoms with Gasteiger partial charge < -0.3 is 10.6 Å². The molecule has 2 heterocycles. The third-order valence-corrected chi connectivity index (χ3v) is 9.40. The van der Waals surface area contributed by atoms with Crippen LogP contribution in [0.25, 0.3) is 43.1 Å². The quantitative estimate of drug-likeness (QED) is 0.111. The Hall–Kier alpha value is -5.38. The van der Waals surface area contributed by atoms with Crippen molar-refractivity contribution in [3.05, 3.63) is 70.8 Å². The van der Waals surface area contributed by atoms with Crippen LogP contribution in [0.4, 0.5) is 0 Å². The van der Waals surface area contributed by atoms with Crippen molar-refractivity contribution >= 4 is 79.0 Å². The Balaban J connectivity index is 1.36. The Morgan fingerprint density at radius 2 is 1.11 bits per heavy atom. The van der Waals surface area contributed by atoms with Crippen LogP contribution in [-0.2, 0) is 9.59 Å².